The summed E-state index contributed by atoms with van der Waals surface area (Å²) < 4.78 is 1.74. The van der Waals surface area contributed by atoms with Gasteiger partial charge in [0.2, 0.25) is 5.91 Å². The first kappa shape index (κ1) is 16.7. The van der Waals surface area contributed by atoms with Crippen LogP contribution in [-0.4, -0.2) is 38.3 Å². The molecule has 2 aromatic rings. The zero-order valence-corrected chi connectivity index (χ0v) is 14.7. The molecule has 2 N–H and O–H groups in total. The monoisotopic (exact) mass is 330 g/mol. The van der Waals surface area contributed by atoms with Crippen molar-refractivity contribution in [1.82, 2.24) is 25.1 Å². The third kappa shape index (κ3) is 3.83. The van der Waals surface area contributed by atoms with E-state index in [-0.39, 0.29) is 17.9 Å². The van der Waals surface area contributed by atoms with Crippen molar-refractivity contribution in [1.29, 1.82) is 0 Å². The molecular formula is C17H26N6O. The minimum absolute atomic E-state index is 0.0172. The van der Waals surface area contributed by atoms with Gasteiger partial charge in [-0.2, -0.15) is 4.52 Å². The van der Waals surface area contributed by atoms with Gasteiger partial charge in [-0.15, -0.1) is 15.3 Å². The highest BCUT2D eigenvalue weighted by molar-refractivity contribution is 5.80. The van der Waals surface area contributed by atoms with Gasteiger partial charge >= 0.3 is 0 Å². The van der Waals surface area contributed by atoms with Crippen molar-refractivity contribution in [3.05, 3.63) is 18.0 Å². The fourth-order valence-corrected chi connectivity index (χ4v) is 3.05. The average molecular weight is 330 g/mol. The molecule has 1 saturated carbocycles. The molecule has 3 rings (SSSR count). The maximum atomic E-state index is 12.1. The van der Waals surface area contributed by atoms with Crippen LogP contribution in [0, 0.1) is 0 Å². The van der Waals surface area contributed by atoms with Crippen LogP contribution in [0.25, 0.3) is 5.65 Å². The summed E-state index contributed by atoms with van der Waals surface area (Å²) in [6.07, 6.45) is 5.88. The van der Waals surface area contributed by atoms with Crippen LogP contribution >= 0.6 is 0 Å². The van der Waals surface area contributed by atoms with Crippen molar-refractivity contribution in [3.63, 3.8) is 0 Å². The van der Waals surface area contributed by atoms with E-state index in [9.17, 15) is 4.79 Å². The number of aromatic nitrogens is 4. The number of hydrogen-bond acceptors (Lipinski definition) is 5. The normalized spacial score (nSPS) is 16.3. The number of amides is 1. The van der Waals surface area contributed by atoms with Crippen LogP contribution in [-0.2, 0) is 10.2 Å². The summed E-state index contributed by atoms with van der Waals surface area (Å²) in [6.45, 7) is 6.44. The van der Waals surface area contributed by atoms with Crippen molar-refractivity contribution >= 4 is 17.4 Å². The van der Waals surface area contributed by atoms with Gasteiger partial charge in [0.05, 0.1) is 6.54 Å². The summed E-state index contributed by atoms with van der Waals surface area (Å²) >= 11 is 0. The second-order valence-electron chi connectivity index (χ2n) is 7.52. The van der Waals surface area contributed by atoms with Gasteiger partial charge in [-0.3, -0.25) is 4.79 Å². The fraction of sp³-hybridized carbons (Fsp3) is 0.647. The predicted octanol–water partition coefficient (Wildman–Crippen LogP) is 2.28. The first-order chi connectivity index (χ1) is 11.4. The minimum atomic E-state index is -0.149. The lowest BCUT2D eigenvalue weighted by molar-refractivity contribution is -0.120. The Hall–Kier alpha value is -2.18. The second kappa shape index (κ2) is 6.75. The highest BCUT2D eigenvalue weighted by Crippen LogP contribution is 2.20. The highest BCUT2D eigenvalue weighted by atomic mass is 16.2. The van der Waals surface area contributed by atoms with Gasteiger partial charge < -0.3 is 10.6 Å². The summed E-state index contributed by atoms with van der Waals surface area (Å²) in [5, 5.41) is 19.1. The summed E-state index contributed by atoms with van der Waals surface area (Å²) in [5.41, 5.74) is 0.556. The third-order valence-electron chi connectivity index (χ3n) is 4.33. The van der Waals surface area contributed by atoms with Gasteiger partial charge in [-0.05, 0) is 25.0 Å². The molecule has 0 spiro atoms. The minimum Gasteiger partial charge on any atom is -0.360 e. The maximum absolute atomic E-state index is 12.1. The Morgan fingerprint density at radius 2 is 1.96 bits per heavy atom. The molecule has 0 saturated heterocycles. The Labute approximate surface area is 142 Å². The largest absolute Gasteiger partial charge is 0.360 e. The zero-order valence-electron chi connectivity index (χ0n) is 14.7. The van der Waals surface area contributed by atoms with Crippen LogP contribution in [0.15, 0.2) is 12.1 Å². The smallest absolute Gasteiger partial charge is 0.239 e. The SMILES string of the molecule is CC(C)(C)c1nnc2ccc(NCC(=O)NC3CCCCC3)nn12. The van der Waals surface area contributed by atoms with Gasteiger partial charge in [-0.25, -0.2) is 0 Å². The first-order valence-corrected chi connectivity index (χ1v) is 8.70. The van der Waals surface area contributed by atoms with Crippen LogP contribution in [0.1, 0.15) is 58.7 Å². The number of anilines is 1. The standard InChI is InChI=1S/C17H26N6O/c1-17(2,3)16-21-20-14-10-9-13(22-23(14)16)18-11-15(24)19-12-7-5-4-6-8-12/h9-10,12H,4-8,11H2,1-3H3,(H,18,22)(H,19,24). The van der Waals surface area contributed by atoms with E-state index in [0.29, 0.717) is 17.5 Å². The molecule has 0 unspecified atom stereocenters. The predicted molar refractivity (Wildman–Crippen MR) is 93.0 cm³/mol. The van der Waals surface area contributed by atoms with Crippen LogP contribution in [0.4, 0.5) is 5.82 Å². The molecule has 7 heteroatoms. The maximum Gasteiger partial charge on any atom is 0.239 e. The fourth-order valence-electron chi connectivity index (χ4n) is 3.05. The third-order valence-corrected chi connectivity index (χ3v) is 4.33. The van der Waals surface area contributed by atoms with Crippen molar-refractivity contribution < 1.29 is 4.79 Å². The Kier molecular flexibility index (Phi) is 4.69. The summed E-state index contributed by atoms with van der Waals surface area (Å²) in [5.74, 6) is 1.46. The molecule has 0 atom stereocenters. The molecule has 0 aromatic carbocycles. The lowest BCUT2D eigenvalue weighted by Gasteiger charge is -2.22. The van der Waals surface area contributed by atoms with Crippen LogP contribution < -0.4 is 10.6 Å². The molecule has 1 fully saturated rings. The number of nitrogens with one attached hydrogen (secondary N) is 2. The Bertz CT molecular complexity index is 711. The first-order valence-electron chi connectivity index (χ1n) is 8.70. The molecule has 130 valence electrons. The summed E-state index contributed by atoms with van der Waals surface area (Å²) in [4.78, 5) is 12.1. The van der Waals surface area contributed by atoms with Crippen LogP contribution in [0.5, 0.6) is 0 Å². The zero-order chi connectivity index (χ0) is 17.2. The number of carbonyl (C=O) groups is 1. The molecule has 0 bridgehead atoms. The van der Waals surface area contributed by atoms with E-state index in [1.165, 1.54) is 19.3 Å². The summed E-state index contributed by atoms with van der Waals surface area (Å²) in [6, 6.07) is 4.01. The van der Waals surface area contributed by atoms with E-state index >= 15 is 0 Å². The summed E-state index contributed by atoms with van der Waals surface area (Å²) in [7, 11) is 0. The average Bonchev–Trinajstić information content (AvgIpc) is 2.97. The molecule has 0 aliphatic heterocycles. The number of carbonyl (C=O) groups excluding carboxylic acids is 1. The highest BCUT2D eigenvalue weighted by Gasteiger charge is 2.22. The Morgan fingerprint density at radius 3 is 2.67 bits per heavy atom. The van der Waals surface area contributed by atoms with Crippen molar-refractivity contribution in [2.24, 2.45) is 0 Å². The van der Waals surface area contributed by atoms with E-state index in [2.05, 4.69) is 46.7 Å². The van der Waals surface area contributed by atoms with E-state index in [1.54, 1.807) is 4.52 Å². The lowest BCUT2D eigenvalue weighted by atomic mass is 9.95. The van der Waals surface area contributed by atoms with E-state index < -0.39 is 0 Å². The van der Waals surface area contributed by atoms with Crippen molar-refractivity contribution in [2.45, 2.75) is 64.3 Å². The Balaban J connectivity index is 1.63. The number of fused-ring (bicyclic) bond motifs is 1. The van der Waals surface area contributed by atoms with E-state index in [0.717, 1.165) is 18.7 Å². The molecule has 1 aliphatic rings. The van der Waals surface area contributed by atoms with Crippen LogP contribution in [0.2, 0.25) is 0 Å². The lowest BCUT2D eigenvalue weighted by Crippen LogP contribution is -2.39. The van der Waals surface area contributed by atoms with Crippen LogP contribution in [0.3, 0.4) is 0 Å². The molecule has 0 radical (unpaired) electrons. The molecule has 1 aliphatic carbocycles. The van der Waals surface area contributed by atoms with Gasteiger partial charge in [0.15, 0.2) is 11.5 Å². The van der Waals surface area contributed by atoms with Gasteiger partial charge in [-0.1, -0.05) is 40.0 Å². The van der Waals surface area contributed by atoms with E-state index in [4.69, 9.17) is 0 Å². The van der Waals surface area contributed by atoms with Crippen molar-refractivity contribution in [2.75, 3.05) is 11.9 Å². The molecule has 2 aromatic heterocycles. The number of nitrogens with zero attached hydrogens (tertiary/aromatic N) is 4. The topological polar surface area (TPSA) is 84.2 Å². The molecule has 2 heterocycles. The second-order valence-corrected chi connectivity index (χ2v) is 7.52. The number of rotatable bonds is 4. The Morgan fingerprint density at radius 1 is 1.21 bits per heavy atom. The van der Waals surface area contributed by atoms with Crippen molar-refractivity contribution in [3.8, 4) is 0 Å². The molecule has 7 nitrogen and oxygen atoms in total. The van der Waals surface area contributed by atoms with E-state index in [1.807, 2.05) is 12.1 Å². The van der Waals surface area contributed by atoms with Gasteiger partial charge in [0, 0.05) is 11.5 Å². The molecule has 1 amide bonds. The quantitative estimate of drug-likeness (QED) is 0.898. The van der Waals surface area contributed by atoms with Gasteiger partial charge in [0.25, 0.3) is 0 Å². The van der Waals surface area contributed by atoms with Gasteiger partial charge in [0.1, 0.15) is 5.82 Å². The molecular weight excluding hydrogens is 304 g/mol. The molecule has 24 heavy (non-hydrogen) atoms. The number of hydrogen-bond donors (Lipinski definition) is 2.